The van der Waals surface area contributed by atoms with Gasteiger partial charge in [0.1, 0.15) is 29.4 Å². The number of ether oxygens (including phenoxy) is 2. The fourth-order valence-corrected chi connectivity index (χ4v) is 5.25. The molecule has 1 unspecified atom stereocenters. The number of alkyl halides is 1. The van der Waals surface area contributed by atoms with Crippen LogP contribution in [0.15, 0.2) is 66.9 Å². The first-order valence-electron chi connectivity index (χ1n) is 14.4. The van der Waals surface area contributed by atoms with Crippen LogP contribution in [0.5, 0.6) is 5.75 Å². The van der Waals surface area contributed by atoms with Crippen LogP contribution in [0.2, 0.25) is 5.02 Å². The molecule has 0 bridgehead atoms. The summed E-state index contributed by atoms with van der Waals surface area (Å²) >= 11 is 6.56. The molecular weight excluding hydrogens is 587 g/mol. The number of pyridine rings is 1. The summed E-state index contributed by atoms with van der Waals surface area (Å²) in [7, 11) is 0. The number of aromatic nitrogens is 1. The number of anilines is 1. The van der Waals surface area contributed by atoms with E-state index in [0.29, 0.717) is 41.5 Å². The molecule has 11 heteroatoms. The summed E-state index contributed by atoms with van der Waals surface area (Å²) in [5.41, 5.74) is 3.34. The zero-order valence-corrected chi connectivity index (χ0v) is 25.5. The number of carbonyl (C=O) groups is 3. The van der Waals surface area contributed by atoms with Crippen molar-refractivity contribution < 1.29 is 28.2 Å². The molecule has 1 fully saturated rings. The minimum atomic E-state index is -0.958. The van der Waals surface area contributed by atoms with Gasteiger partial charge in [-0.3, -0.25) is 14.9 Å². The summed E-state index contributed by atoms with van der Waals surface area (Å²) in [6.07, 6.45) is 3.69. The predicted molar refractivity (Wildman–Crippen MR) is 166 cm³/mol. The number of benzene rings is 2. The van der Waals surface area contributed by atoms with Crippen LogP contribution in [0.3, 0.4) is 0 Å². The molecule has 0 radical (unpaired) electrons. The molecule has 2 atom stereocenters. The summed E-state index contributed by atoms with van der Waals surface area (Å²) in [5.74, 6) is 0.463. The Morgan fingerprint density at radius 1 is 1.14 bits per heavy atom. The molecule has 3 amide bonds. The maximum Gasteiger partial charge on any atom is 0.413 e. The van der Waals surface area contributed by atoms with Crippen LogP contribution < -0.4 is 15.4 Å². The van der Waals surface area contributed by atoms with E-state index in [2.05, 4.69) is 15.6 Å². The summed E-state index contributed by atoms with van der Waals surface area (Å²) in [4.78, 5) is 42.7. The standard InChI is InChI=1S/C33H34ClFN4O5/c1-33(2,3)44-32(42)38-28-10-4-20(17-36-28)18-37-29(40)11-9-26-15-24-14-23(16-27(34)30(24)43-26)21-5-7-22(8-6-21)31(41)39-13-12-25(35)19-39/h4-11,14,16-17,25-26H,12-13,15,18-19H2,1-3H3,(H,37,40)(H,36,38,42)/b11-9+/t25-,26?/m0/s1. The first-order chi connectivity index (χ1) is 20.9. The highest BCUT2D eigenvalue weighted by Crippen LogP contribution is 2.40. The van der Waals surface area contributed by atoms with E-state index in [0.717, 1.165) is 22.3 Å². The average molecular weight is 621 g/mol. The summed E-state index contributed by atoms with van der Waals surface area (Å²) in [6, 6.07) is 14.4. The third-order valence-corrected chi connectivity index (χ3v) is 7.36. The van der Waals surface area contributed by atoms with Crippen molar-refractivity contribution in [3.63, 3.8) is 0 Å². The van der Waals surface area contributed by atoms with Gasteiger partial charge in [0.25, 0.3) is 5.91 Å². The second-order valence-corrected chi connectivity index (χ2v) is 12.2. The normalized spacial score (nSPS) is 17.7. The van der Waals surface area contributed by atoms with E-state index < -0.39 is 17.9 Å². The lowest BCUT2D eigenvalue weighted by atomic mass is 9.99. The Labute approximate surface area is 260 Å². The highest BCUT2D eigenvalue weighted by molar-refractivity contribution is 6.32. The third-order valence-electron chi connectivity index (χ3n) is 7.08. The van der Waals surface area contributed by atoms with Gasteiger partial charge in [0.05, 0.1) is 11.6 Å². The molecule has 0 spiro atoms. The molecule has 44 heavy (non-hydrogen) atoms. The second-order valence-electron chi connectivity index (χ2n) is 11.8. The zero-order valence-electron chi connectivity index (χ0n) is 24.7. The van der Waals surface area contributed by atoms with Crippen molar-refractivity contribution in [1.82, 2.24) is 15.2 Å². The largest absolute Gasteiger partial charge is 0.484 e. The van der Waals surface area contributed by atoms with Gasteiger partial charge in [0, 0.05) is 42.9 Å². The monoisotopic (exact) mass is 620 g/mol. The number of rotatable bonds is 7. The van der Waals surface area contributed by atoms with Crippen molar-refractivity contribution in [2.75, 3.05) is 18.4 Å². The van der Waals surface area contributed by atoms with Gasteiger partial charge in [-0.25, -0.2) is 14.2 Å². The molecule has 5 rings (SSSR count). The molecular formula is C33H34ClFN4O5. The van der Waals surface area contributed by atoms with Crippen molar-refractivity contribution in [1.29, 1.82) is 0 Å². The number of nitrogens with one attached hydrogen (secondary N) is 2. The summed E-state index contributed by atoms with van der Waals surface area (Å²) in [5, 5.41) is 5.83. The molecule has 0 aliphatic carbocycles. The maximum atomic E-state index is 13.5. The van der Waals surface area contributed by atoms with Crippen molar-refractivity contribution >= 4 is 35.3 Å². The zero-order chi connectivity index (χ0) is 31.4. The van der Waals surface area contributed by atoms with Crippen LogP contribution in [0.4, 0.5) is 15.0 Å². The van der Waals surface area contributed by atoms with Crippen LogP contribution in [0.1, 0.15) is 48.7 Å². The fraction of sp³-hybridized carbons (Fsp3) is 0.333. The van der Waals surface area contributed by atoms with Crippen molar-refractivity contribution in [3.8, 4) is 16.9 Å². The molecule has 1 aromatic heterocycles. The molecule has 3 heterocycles. The molecule has 230 valence electrons. The molecule has 2 aromatic carbocycles. The van der Waals surface area contributed by atoms with Crippen LogP contribution in [-0.2, 0) is 22.5 Å². The average Bonchev–Trinajstić information content (AvgIpc) is 3.60. The fourth-order valence-electron chi connectivity index (χ4n) is 4.96. The van der Waals surface area contributed by atoms with Crippen molar-refractivity contribution in [2.24, 2.45) is 0 Å². The lowest BCUT2D eigenvalue weighted by Crippen LogP contribution is -2.28. The van der Waals surface area contributed by atoms with Gasteiger partial charge in [-0.15, -0.1) is 0 Å². The number of carbonyl (C=O) groups excluding carboxylic acids is 3. The van der Waals surface area contributed by atoms with E-state index >= 15 is 0 Å². The van der Waals surface area contributed by atoms with E-state index in [1.807, 2.05) is 24.3 Å². The van der Waals surface area contributed by atoms with E-state index in [1.54, 1.807) is 62.2 Å². The highest BCUT2D eigenvalue weighted by Gasteiger charge is 2.27. The first kappa shape index (κ1) is 31.0. The summed E-state index contributed by atoms with van der Waals surface area (Å²) < 4.78 is 24.7. The predicted octanol–water partition coefficient (Wildman–Crippen LogP) is 6.11. The van der Waals surface area contributed by atoms with Crippen LogP contribution >= 0.6 is 11.6 Å². The van der Waals surface area contributed by atoms with Gasteiger partial charge in [-0.05, 0) is 80.3 Å². The highest BCUT2D eigenvalue weighted by atomic mass is 35.5. The van der Waals surface area contributed by atoms with Gasteiger partial charge in [0.2, 0.25) is 5.91 Å². The molecule has 3 aromatic rings. The molecule has 2 aliphatic rings. The number of hydrogen-bond acceptors (Lipinski definition) is 6. The molecule has 2 N–H and O–H groups in total. The molecule has 9 nitrogen and oxygen atoms in total. The van der Waals surface area contributed by atoms with E-state index in [4.69, 9.17) is 21.1 Å². The van der Waals surface area contributed by atoms with Gasteiger partial charge in [-0.1, -0.05) is 29.8 Å². The Kier molecular flexibility index (Phi) is 9.20. The number of fused-ring (bicyclic) bond motifs is 1. The Morgan fingerprint density at radius 2 is 1.91 bits per heavy atom. The lowest BCUT2D eigenvalue weighted by Gasteiger charge is -2.19. The van der Waals surface area contributed by atoms with Crippen molar-refractivity contribution in [2.45, 2.75) is 58.0 Å². The molecule has 1 saturated heterocycles. The maximum absolute atomic E-state index is 13.5. The van der Waals surface area contributed by atoms with E-state index in [9.17, 15) is 18.8 Å². The SMILES string of the molecule is CC(C)(C)OC(=O)Nc1ccc(CNC(=O)/C=C/C2Cc3cc(-c4ccc(C(=O)N5CC[C@H](F)C5)cc4)cc(Cl)c3O2)cn1. The smallest absolute Gasteiger partial charge is 0.413 e. The molecule has 0 saturated carbocycles. The Morgan fingerprint density at radius 3 is 2.57 bits per heavy atom. The minimum absolute atomic E-state index is 0.139. The third kappa shape index (κ3) is 7.93. The Balaban J connectivity index is 1.12. The van der Waals surface area contributed by atoms with E-state index in [1.165, 1.54) is 6.08 Å². The van der Waals surface area contributed by atoms with Crippen LogP contribution in [0.25, 0.3) is 11.1 Å². The second kappa shape index (κ2) is 13.1. The van der Waals surface area contributed by atoms with Gasteiger partial charge < -0.3 is 19.7 Å². The van der Waals surface area contributed by atoms with E-state index in [-0.39, 0.29) is 31.0 Å². The Hall–Kier alpha value is -4.44. The number of nitrogens with zero attached hydrogens (tertiary/aromatic N) is 2. The lowest BCUT2D eigenvalue weighted by molar-refractivity contribution is -0.116. The molecule has 2 aliphatic heterocycles. The number of likely N-dealkylation sites (tertiary alicyclic amines) is 1. The van der Waals surface area contributed by atoms with Gasteiger partial charge >= 0.3 is 6.09 Å². The van der Waals surface area contributed by atoms with Crippen LogP contribution in [-0.4, -0.2) is 58.8 Å². The number of amides is 3. The Bertz CT molecular complexity index is 1570. The number of halogens is 2. The quantitative estimate of drug-likeness (QED) is 0.309. The van der Waals surface area contributed by atoms with Crippen molar-refractivity contribution in [3.05, 3.63) is 88.6 Å². The van der Waals surface area contributed by atoms with Gasteiger partial charge in [-0.2, -0.15) is 0 Å². The van der Waals surface area contributed by atoms with Crippen LogP contribution in [0, 0.1) is 0 Å². The minimum Gasteiger partial charge on any atom is -0.484 e. The number of hydrogen-bond donors (Lipinski definition) is 2. The first-order valence-corrected chi connectivity index (χ1v) is 14.7. The topological polar surface area (TPSA) is 110 Å². The van der Waals surface area contributed by atoms with Gasteiger partial charge in [0.15, 0.2) is 0 Å². The summed E-state index contributed by atoms with van der Waals surface area (Å²) in [6.45, 7) is 6.15.